The zero-order chi connectivity index (χ0) is 17.5. The summed E-state index contributed by atoms with van der Waals surface area (Å²) in [7, 11) is 0. The first-order valence-corrected chi connectivity index (χ1v) is 10.0. The lowest BCUT2D eigenvalue weighted by molar-refractivity contribution is -0.0643. The van der Waals surface area contributed by atoms with Crippen molar-refractivity contribution in [3.8, 4) is 5.75 Å². The molecule has 3 nitrogen and oxygen atoms in total. The third-order valence-electron chi connectivity index (χ3n) is 5.96. The molecule has 0 N–H and O–H groups in total. The first kappa shape index (κ1) is 16.2. The minimum Gasteiger partial charge on any atom is -0.468 e. The molecule has 4 heteroatoms. The highest BCUT2D eigenvalue weighted by Gasteiger charge is 2.43. The summed E-state index contributed by atoms with van der Waals surface area (Å²) in [5.41, 5.74) is 3.55. The van der Waals surface area contributed by atoms with E-state index >= 15 is 0 Å². The number of ether oxygens (including phenoxy) is 1. The zero-order valence-electron chi connectivity index (χ0n) is 14.8. The van der Waals surface area contributed by atoms with Crippen molar-refractivity contribution in [1.29, 1.82) is 0 Å². The molecule has 0 bridgehead atoms. The molecule has 2 aliphatic heterocycles. The van der Waals surface area contributed by atoms with Gasteiger partial charge in [-0.2, -0.15) is 5.10 Å². The van der Waals surface area contributed by atoms with Crippen LogP contribution in [-0.4, -0.2) is 16.9 Å². The van der Waals surface area contributed by atoms with Crippen LogP contribution in [0.5, 0.6) is 5.75 Å². The Morgan fingerprint density at radius 3 is 2.54 bits per heavy atom. The molecule has 1 saturated carbocycles. The van der Waals surface area contributed by atoms with Gasteiger partial charge < -0.3 is 4.74 Å². The number of halogens is 1. The van der Waals surface area contributed by atoms with E-state index in [4.69, 9.17) is 21.4 Å². The number of nitrogens with zero attached hydrogens (tertiary/aromatic N) is 2. The quantitative estimate of drug-likeness (QED) is 0.672. The number of hydrazone groups is 1. The molecule has 26 heavy (non-hydrogen) atoms. The Hall–Kier alpha value is -2.00. The van der Waals surface area contributed by atoms with Crippen LogP contribution in [0.3, 0.4) is 0 Å². The Kier molecular flexibility index (Phi) is 4.12. The van der Waals surface area contributed by atoms with E-state index in [2.05, 4.69) is 41.4 Å². The molecule has 2 atom stereocenters. The monoisotopic (exact) mass is 366 g/mol. The Morgan fingerprint density at radius 2 is 1.73 bits per heavy atom. The molecule has 2 aromatic carbocycles. The number of hydrogen-bond donors (Lipinski definition) is 0. The first-order valence-electron chi connectivity index (χ1n) is 9.67. The second kappa shape index (κ2) is 6.62. The van der Waals surface area contributed by atoms with Gasteiger partial charge in [0.15, 0.2) is 6.23 Å². The molecule has 0 unspecified atom stereocenters. The van der Waals surface area contributed by atoms with Gasteiger partial charge in [0, 0.05) is 22.9 Å². The maximum atomic E-state index is 6.49. The van der Waals surface area contributed by atoms with Crippen molar-refractivity contribution >= 4 is 17.3 Å². The molecule has 0 spiro atoms. The Balaban J connectivity index is 1.52. The SMILES string of the molecule is Clc1ccc(C2=NN3[C@H](C2)c2ccccc2O[C@@H]3C2CCCCC2)cc1. The van der Waals surface area contributed by atoms with Gasteiger partial charge in [0.2, 0.25) is 0 Å². The van der Waals surface area contributed by atoms with Gasteiger partial charge in [-0.15, -0.1) is 0 Å². The summed E-state index contributed by atoms with van der Waals surface area (Å²) in [5, 5.41) is 8.06. The maximum Gasteiger partial charge on any atom is 0.190 e. The summed E-state index contributed by atoms with van der Waals surface area (Å²) in [6.07, 6.45) is 7.41. The Labute approximate surface area is 159 Å². The van der Waals surface area contributed by atoms with Crippen LogP contribution in [0.4, 0.5) is 0 Å². The number of benzene rings is 2. The molecule has 0 amide bonds. The highest BCUT2D eigenvalue weighted by molar-refractivity contribution is 6.30. The molecule has 1 fully saturated rings. The van der Waals surface area contributed by atoms with Gasteiger partial charge >= 0.3 is 0 Å². The summed E-state index contributed by atoms with van der Waals surface area (Å²) < 4.78 is 6.49. The van der Waals surface area contributed by atoms with Crippen molar-refractivity contribution < 1.29 is 4.74 Å². The van der Waals surface area contributed by atoms with Crippen molar-refractivity contribution in [1.82, 2.24) is 5.01 Å². The van der Waals surface area contributed by atoms with Crippen molar-refractivity contribution in [3.63, 3.8) is 0 Å². The van der Waals surface area contributed by atoms with E-state index in [1.54, 1.807) is 0 Å². The number of hydrogen-bond acceptors (Lipinski definition) is 3. The second-order valence-corrected chi connectivity index (χ2v) is 8.03. The Bertz CT molecular complexity index is 826. The van der Waals surface area contributed by atoms with E-state index in [0.717, 1.165) is 28.5 Å². The second-order valence-electron chi connectivity index (χ2n) is 7.60. The van der Waals surface area contributed by atoms with Gasteiger partial charge in [0.05, 0.1) is 11.8 Å². The normalized spacial score (nSPS) is 25.3. The first-order chi connectivity index (χ1) is 12.8. The van der Waals surface area contributed by atoms with E-state index in [1.807, 2.05) is 12.1 Å². The lowest BCUT2D eigenvalue weighted by atomic mass is 9.86. The number of fused-ring (bicyclic) bond motifs is 3. The smallest absolute Gasteiger partial charge is 0.190 e. The van der Waals surface area contributed by atoms with Crippen LogP contribution in [-0.2, 0) is 0 Å². The summed E-state index contributed by atoms with van der Waals surface area (Å²) >= 11 is 6.06. The van der Waals surface area contributed by atoms with Crippen molar-refractivity contribution in [2.75, 3.05) is 0 Å². The average Bonchev–Trinajstić information content (AvgIpc) is 3.14. The van der Waals surface area contributed by atoms with Crippen LogP contribution >= 0.6 is 11.6 Å². The summed E-state index contributed by atoms with van der Waals surface area (Å²) in [6.45, 7) is 0. The third-order valence-corrected chi connectivity index (χ3v) is 6.21. The van der Waals surface area contributed by atoms with E-state index in [-0.39, 0.29) is 12.3 Å². The molecule has 2 heterocycles. The van der Waals surface area contributed by atoms with E-state index in [9.17, 15) is 0 Å². The molecule has 0 aromatic heterocycles. The van der Waals surface area contributed by atoms with Gasteiger partial charge in [-0.05, 0) is 36.6 Å². The summed E-state index contributed by atoms with van der Waals surface area (Å²) in [4.78, 5) is 0. The fourth-order valence-corrected chi connectivity index (χ4v) is 4.74. The van der Waals surface area contributed by atoms with Crippen LogP contribution in [0.2, 0.25) is 5.02 Å². The molecule has 5 rings (SSSR count). The molecule has 0 radical (unpaired) electrons. The lowest BCUT2D eigenvalue weighted by Crippen LogP contribution is -2.45. The van der Waals surface area contributed by atoms with Crippen molar-refractivity contribution in [3.05, 3.63) is 64.7 Å². The van der Waals surface area contributed by atoms with Crippen LogP contribution in [0, 0.1) is 5.92 Å². The fraction of sp³-hybridized carbons (Fsp3) is 0.409. The average molecular weight is 367 g/mol. The van der Waals surface area contributed by atoms with Crippen LogP contribution < -0.4 is 4.74 Å². The largest absolute Gasteiger partial charge is 0.468 e. The molecular formula is C22H23ClN2O. The molecule has 1 aliphatic carbocycles. The topological polar surface area (TPSA) is 24.8 Å². The predicted octanol–water partition coefficient (Wildman–Crippen LogP) is 5.79. The number of rotatable bonds is 2. The van der Waals surface area contributed by atoms with Crippen molar-refractivity contribution in [2.45, 2.75) is 50.8 Å². The predicted molar refractivity (Wildman–Crippen MR) is 105 cm³/mol. The van der Waals surface area contributed by atoms with Crippen LogP contribution in [0.15, 0.2) is 53.6 Å². The molecule has 0 saturated heterocycles. The third kappa shape index (κ3) is 2.79. The van der Waals surface area contributed by atoms with Gasteiger partial charge in [0.25, 0.3) is 0 Å². The molecule has 2 aromatic rings. The highest BCUT2D eigenvalue weighted by Crippen LogP contribution is 2.46. The molecule has 3 aliphatic rings. The fourth-order valence-electron chi connectivity index (χ4n) is 4.61. The highest BCUT2D eigenvalue weighted by atomic mass is 35.5. The van der Waals surface area contributed by atoms with Gasteiger partial charge in [0.1, 0.15) is 5.75 Å². The molecule has 134 valence electrons. The van der Waals surface area contributed by atoms with Crippen LogP contribution in [0.1, 0.15) is 55.7 Å². The minimum absolute atomic E-state index is 0.0556. The molecular weight excluding hydrogens is 344 g/mol. The van der Waals surface area contributed by atoms with Crippen LogP contribution in [0.25, 0.3) is 0 Å². The van der Waals surface area contributed by atoms with E-state index in [0.29, 0.717) is 5.92 Å². The van der Waals surface area contributed by atoms with Crippen molar-refractivity contribution in [2.24, 2.45) is 11.0 Å². The van der Waals surface area contributed by atoms with Gasteiger partial charge in [-0.3, -0.25) is 0 Å². The van der Waals surface area contributed by atoms with E-state index < -0.39 is 0 Å². The minimum atomic E-state index is 0.0556. The summed E-state index contributed by atoms with van der Waals surface area (Å²) in [5.74, 6) is 1.60. The Morgan fingerprint density at radius 1 is 0.962 bits per heavy atom. The number of para-hydroxylation sites is 1. The standard InChI is InChI=1S/C22H23ClN2O/c23-17-12-10-15(11-13-17)19-14-20-18-8-4-5-9-21(18)26-22(25(20)24-19)16-6-2-1-3-7-16/h4-5,8-13,16,20,22H,1-3,6-7,14H2/t20-,22-/m1/s1. The lowest BCUT2D eigenvalue weighted by Gasteiger charge is -2.42. The van der Waals surface area contributed by atoms with E-state index in [1.165, 1.54) is 37.7 Å². The summed E-state index contributed by atoms with van der Waals surface area (Å²) in [6, 6.07) is 16.8. The zero-order valence-corrected chi connectivity index (χ0v) is 15.5. The van der Waals surface area contributed by atoms with Gasteiger partial charge in [-0.25, -0.2) is 5.01 Å². The maximum absolute atomic E-state index is 6.49. The van der Waals surface area contributed by atoms with Gasteiger partial charge in [-0.1, -0.05) is 61.2 Å².